The molecule has 6 nitrogen and oxygen atoms in total. The van der Waals surface area contributed by atoms with Gasteiger partial charge < -0.3 is 15.6 Å². The van der Waals surface area contributed by atoms with Gasteiger partial charge in [-0.1, -0.05) is 93.5 Å². The van der Waals surface area contributed by atoms with Gasteiger partial charge in [0.25, 0.3) is 0 Å². The lowest BCUT2D eigenvalue weighted by molar-refractivity contribution is -0.130. The summed E-state index contributed by atoms with van der Waals surface area (Å²) in [5, 5.41) is 10.9. The number of aromatic nitrogens is 1. The molecule has 1 heterocycles. The fourth-order valence-corrected chi connectivity index (χ4v) is 8.89. The van der Waals surface area contributed by atoms with E-state index < -0.39 is 0 Å². The highest BCUT2D eigenvalue weighted by atomic mass is 16.5. The average Bonchev–Trinajstić information content (AvgIpc) is 3.27. The second-order valence-electron chi connectivity index (χ2n) is 14.9. The number of carbonyl (C=O) groups is 2. The molecule has 49 heavy (non-hydrogen) atoms. The van der Waals surface area contributed by atoms with Crippen molar-refractivity contribution in [1.29, 1.82) is 0 Å². The Morgan fingerprint density at radius 3 is 2.47 bits per heavy atom. The Labute approximate surface area is 292 Å². The van der Waals surface area contributed by atoms with E-state index in [1.165, 1.54) is 57.6 Å². The van der Waals surface area contributed by atoms with Crippen molar-refractivity contribution in [2.75, 3.05) is 12.8 Å². The number of rotatable bonds is 8. The van der Waals surface area contributed by atoms with Crippen LogP contribution in [0, 0.1) is 41.4 Å². The van der Waals surface area contributed by atoms with Gasteiger partial charge in [-0.15, -0.1) is 0 Å². The molecule has 0 amide bonds. The highest BCUT2D eigenvalue weighted by Gasteiger charge is 2.37. The number of fused-ring (bicyclic) bond motifs is 2. The van der Waals surface area contributed by atoms with Gasteiger partial charge in [-0.2, -0.15) is 0 Å². The van der Waals surface area contributed by atoms with Crippen molar-refractivity contribution in [3.63, 3.8) is 0 Å². The van der Waals surface area contributed by atoms with Crippen LogP contribution in [0.5, 0.6) is 11.5 Å². The minimum atomic E-state index is -0.328. The molecule has 3 N–H and O–H groups in total. The number of Topliss-reactive ketones (excluding diaryl/α,β-unsaturated/α-hetero) is 2. The minimum absolute atomic E-state index is 0.0339. The van der Waals surface area contributed by atoms with E-state index in [2.05, 4.69) is 35.0 Å². The van der Waals surface area contributed by atoms with Gasteiger partial charge in [0.1, 0.15) is 17.4 Å². The molecule has 2 saturated carbocycles. The molecule has 0 radical (unpaired) electrons. The third kappa shape index (κ3) is 9.12. The van der Waals surface area contributed by atoms with Crippen molar-refractivity contribution < 1.29 is 19.4 Å². The highest BCUT2D eigenvalue weighted by molar-refractivity contribution is 6.00. The molecule has 0 spiro atoms. The van der Waals surface area contributed by atoms with Crippen LogP contribution in [0.1, 0.15) is 112 Å². The van der Waals surface area contributed by atoms with E-state index in [-0.39, 0.29) is 47.9 Å². The Morgan fingerprint density at radius 2 is 1.69 bits per heavy atom. The smallest absolute Gasteiger partial charge is 0.160 e. The number of aryl methyl sites for hydroxylation is 1. The molecule has 3 aliphatic rings. The normalized spacial score (nSPS) is 25.0. The van der Waals surface area contributed by atoms with Gasteiger partial charge >= 0.3 is 0 Å². The van der Waals surface area contributed by atoms with Crippen molar-refractivity contribution in [3.8, 4) is 23.3 Å². The molecule has 5 atom stereocenters. The number of phenols is 1. The van der Waals surface area contributed by atoms with Crippen LogP contribution in [-0.4, -0.2) is 28.8 Å². The number of phenolic OH excluding ortho intramolecular Hbond substituents is 1. The number of ketones is 2. The first-order valence-electron chi connectivity index (χ1n) is 18.6. The van der Waals surface area contributed by atoms with Crippen molar-refractivity contribution >= 4 is 17.4 Å². The maximum atomic E-state index is 14.2. The zero-order valence-electron chi connectivity index (χ0n) is 29.0. The molecule has 6 heteroatoms. The summed E-state index contributed by atoms with van der Waals surface area (Å²) in [5.74, 6) is 9.11. The zero-order valence-corrected chi connectivity index (χ0v) is 29.0. The van der Waals surface area contributed by atoms with E-state index in [1.807, 2.05) is 30.3 Å². The Hall–Kier alpha value is -4.11. The summed E-state index contributed by atoms with van der Waals surface area (Å²) in [5.41, 5.74) is 10.1. The number of carbonyl (C=O) groups excluding carboxylic acids is 2. The van der Waals surface area contributed by atoms with E-state index in [0.29, 0.717) is 29.8 Å². The SMILES string of the molecule is COc1cc2c(cc1O)[C@@H](c1ccccc1)C#C[C@@H]1C[C@@H](Cc3ccnc(N)c3)C[C@H](CCCC3CCCCC3)C[C@H]1C(=O)CC(=O)CC2. The topological polar surface area (TPSA) is 103 Å². The summed E-state index contributed by atoms with van der Waals surface area (Å²) >= 11 is 0. The van der Waals surface area contributed by atoms with E-state index >= 15 is 0 Å². The van der Waals surface area contributed by atoms with Gasteiger partial charge in [0.15, 0.2) is 11.5 Å². The largest absolute Gasteiger partial charge is 0.504 e. The number of nitrogens with two attached hydrogens (primary N) is 1. The number of benzene rings is 2. The molecule has 3 aliphatic carbocycles. The quantitative estimate of drug-likeness (QED) is 0.185. The molecule has 1 aromatic heterocycles. The summed E-state index contributed by atoms with van der Waals surface area (Å²) in [6, 6.07) is 17.7. The molecule has 6 rings (SSSR count). The highest BCUT2D eigenvalue weighted by Crippen LogP contribution is 2.42. The van der Waals surface area contributed by atoms with Gasteiger partial charge in [-0.3, -0.25) is 9.59 Å². The number of anilines is 1. The van der Waals surface area contributed by atoms with Crippen LogP contribution >= 0.6 is 0 Å². The number of aromatic hydroxyl groups is 1. The van der Waals surface area contributed by atoms with E-state index in [9.17, 15) is 14.7 Å². The van der Waals surface area contributed by atoms with Crippen LogP contribution in [-0.2, 0) is 22.4 Å². The maximum absolute atomic E-state index is 14.2. The molecule has 0 aliphatic heterocycles. The predicted molar refractivity (Wildman–Crippen MR) is 194 cm³/mol. The number of hydrogen-bond donors (Lipinski definition) is 2. The van der Waals surface area contributed by atoms with Gasteiger partial charge in [0.2, 0.25) is 0 Å². The number of hydrogen-bond acceptors (Lipinski definition) is 6. The molecule has 258 valence electrons. The maximum Gasteiger partial charge on any atom is 0.160 e. The summed E-state index contributed by atoms with van der Waals surface area (Å²) in [4.78, 5) is 31.9. The summed E-state index contributed by atoms with van der Waals surface area (Å²) in [6.45, 7) is 0. The van der Waals surface area contributed by atoms with Gasteiger partial charge in [-0.25, -0.2) is 4.98 Å². The van der Waals surface area contributed by atoms with Crippen LogP contribution < -0.4 is 10.5 Å². The van der Waals surface area contributed by atoms with Crippen LogP contribution in [0.2, 0.25) is 0 Å². The second-order valence-corrected chi connectivity index (χ2v) is 14.9. The first-order valence-corrected chi connectivity index (χ1v) is 18.6. The number of nitrogen functional groups attached to an aromatic ring is 1. The van der Waals surface area contributed by atoms with Gasteiger partial charge in [-0.05, 0) is 96.4 Å². The Morgan fingerprint density at radius 1 is 0.898 bits per heavy atom. The summed E-state index contributed by atoms with van der Waals surface area (Å²) in [7, 11) is 1.53. The van der Waals surface area contributed by atoms with Crippen LogP contribution in [0.4, 0.5) is 5.82 Å². The third-order valence-electron chi connectivity index (χ3n) is 11.4. The third-order valence-corrected chi connectivity index (χ3v) is 11.4. The van der Waals surface area contributed by atoms with Crippen LogP contribution in [0.25, 0.3) is 0 Å². The molecule has 2 fully saturated rings. The number of methoxy groups -OCH3 is 1. The van der Waals surface area contributed by atoms with Crippen molar-refractivity contribution in [3.05, 3.63) is 83.0 Å². The molecule has 0 bridgehead atoms. The van der Waals surface area contributed by atoms with Crippen molar-refractivity contribution in [1.82, 2.24) is 4.98 Å². The number of ether oxygens (including phenoxy) is 1. The molecular formula is C43H52N2O4. The lowest BCUT2D eigenvalue weighted by Gasteiger charge is -2.25. The lowest BCUT2D eigenvalue weighted by atomic mass is 9.78. The first-order chi connectivity index (χ1) is 23.9. The van der Waals surface area contributed by atoms with E-state index in [0.717, 1.165) is 54.7 Å². The molecular weight excluding hydrogens is 608 g/mol. The second kappa shape index (κ2) is 16.5. The Bertz CT molecular complexity index is 1650. The van der Waals surface area contributed by atoms with Crippen LogP contribution in [0.15, 0.2) is 60.8 Å². The fraction of sp³-hybridized carbons (Fsp3) is 0.512. The van der Waals surface area contributed by atoms with Crippen molar-refractivity contribution in [2.45, 2.75) is 102 Å². The molecule has 2 aromatic carbocycles. The fourth-order valence-electron chi connectivity index (χ4n) is 8.89. The minimum Gasteiger partial charge on any atom is -0.504 e. The monoisotopic (exact) mass is 660 g/mol. The van der Waals surface area contributed by atoms with E-state index in [4.69, 9.17) is 10.5 Å². The number of pyridine rings is 1. The summed E-state index contributed by atoms with van der Waals surface area (Å²) in [6.07, 6.45) is 16.3. The zero-order chi connectivity index (χ0) is 34.2. The average molecular weight is 661 g/mol. The molecule has 3 aromatic rings. The van der Waals surface area contributed by atoms with Crippen molar-refractivity contribution in [2.24, 2.45) is 29.6 Å². The van der Waals surface area contributed by atoms with Gasteiger partial charge in [0, 0.05) is 24.5 Å². The molecule has 0 saturated heterocycles. The predicted octanol–water partition coefficient (Wildman–Crippen LogP) is 8.63. The Balaban J connectivity index is 1.37. The van der Waals surface area contributed by atoms with Gasteiger partial charge in [0.05, 0.1) is 19.4 Å². The standard InChI is InChI=1S/C43H52N2O4/c1-49-42-26-35-15-17-36(46)27-40(47)39-24-30(12-8-11-29-9-4-2-5-10-29)21-32(22-31-19-20-45-43(44)25-31)23-34(39)16-18-37(38(35)28-41(42)48)33-13-6-3-7-14-33/h3,6-7,13-14,19-20,25-26,28-30,32,34,37,39,48H,2,4-5,8-12,15,17,21-24,27H2,1H3,(H2,44,45)/t30-,32+,34+,37+,39+/m0/s1. The van der Waals surface area contributed by atoms with E-state index in [1.54, 1.807) is 12.3 Å². The number of nitrogens with zero attached hydrogens (tertiary/aromatic N) is 1. The molecule has 0 unspecified atom stereocenters. The lowest BCUT2D eigenvalue weighted by Crippen LogP contribution is -2.27. The summed E-state index contributed by atoms with van der Waals surface area (Å²) < 4.78 is 5.46. The first kappa shape index (κ1) is 34.7. The Kier molecular flexibility index (Phi) is 11.7. The van der Waals surface area contributed by atoms with Crippen LogP contribution in [0.3, 0.4) is 0 Å².